The van der Waals surface area contributed by atoms with E-state index in [1.165, 1.54) is 0 Å². The van der Waals surface area contributed by atoms with E-state index in [1.807, 2.05) is 0 Å². The summed E-state index contributed by atoms with van der Waals surface area (Å²) >= 11 is 0. The summed E-state index contributed by atoms with van der Waals surface area (Å²) in [7, 11) is 1.56. The smallest absolute Gasteiger partial charge is 0.193 e. The first-order valence-electron chi connectivity index (χ1n) is 6.23. The van der Waals surface area contributed by atoms with E-state index in [0.29, 0.717) is 11.4 Å². The summed E-state index contributed by atoms with van der Waals surface area (Å²) in [6, 6.07) is 10.3. The Labute approximate surface area is 144 Å². The van der Waals surface area contributed by atoms with Crippen molar-refractivity contribution in [2.75, 3.05) is 12.4 Å². The standard InChI is InChI=1S/C15H15F2N3O.HI/c1-21-13-4-2-3-12(8-13)20-15(18)19-9-10-7-11(16)5-6-14(10)17;/h2-8H,9H2,1H3,(H3,18,19,20);1H. The first kappa shape index (κ1) is 18.1. The number of benzene rings is 2. The second kappa shape index (κ2) is 8.52. The third-order valence-corrected chi connectivity index (χ3v) is 2.77. The maximum atomic E-state index is 13.4. The van der Waals surface area contributed by atoms with Gasteiger partial charge < -0.3 is 15.8 Å². The van der Waals surface area contributed by atoms with Crippen LogP contribution in [0, 0.1) is 11.6 Å². The van der Waals surface area contributed by atoms with Crippen LogP contribution in [0.2, 0.25) is 0 Å². The maximum Gasteiger partial charge on any atom is 0.193 e. The van der Waals surface area contributed by atoms with Gasteiger partial charge in [-0.3, -0.25) is 0 Å². The summed E-state index contributed by atoms with van der Waals surface area (Å²) in [6.07, 6.45) is 0. The lowest BCUT2D eigenvalue weighted by molar-refractivity contribution is 0.415. The molecular formula is C15H16F2IN3O. The van der Waals surface area contributed by atoms with Crippen molar-refractivity contribution in [1.29, 1.82) is 0 Å². The van der Waals surface area contributed by atoms with Gasteiger partial charge in [-0.1, -0.05) is 6.07 Å². The van der Waals surface area contributed by atoms with Gasteiger partial charge in [0.2, 0.25) is 0 Å². The van der Waals surface area contributed by atoms with Crippen LogP contribution in [0.25, 0.3) is 0 Å². The molecule has 0 aliphatic heterocycles. The molecule has 0 unspecified atom stereocenters. The number of halogens is 3. The van der Waals surface area contributed by atoms with Crippen molar-refractivity contribution in [3.8, 4) is 5.75 Å². The van der Waals surface area contributed by atoms with Gasteiger partial charge in [0.15, 0.2) is 5.96 Å². The molecule has 0 bridgehead atoms. The van der Waals surface area contributed by atoms with E-state index in [9.17, 15) is 8.78 Å². The van der Waals surface area contributed by atoms with Gasteiger partial charge in [0, 0.05) is 17.3 Å². The Morgan fingerprint density at radius 2 is 2.00 bits per heavy atom. The Hall–Kier alpha value is -1.90. The van der Waals surface area contributed by atoms with Crippen LogP contribution in [0.3, 0.4) is 0 Å². The fourth-order valence-corrected chi connectivity index (χ4v) is 1.72. The Kier molecular flexibility index (Phi) is 7.03. The Morgan fingerprint density at radius 3 is 2.73 bits per heavy atom. The zero-order valence-corrected chi connectivity index (χ0v) is 14.2. The van der Waals surface area contributed by atoms with Crippen LogP contribution >= 0.6 is 24.0 Å². The van der Waals surface area contributed by atoms with Gasteiger partial charge in [-0.15, -0.1) is 24.0 Å². The van der Waals surface area contributed by atoms with Gasteiger partial charge in [-0.2, -0.15) is 0 Å². The molecule has 0 aromatic heterocycles. The minimum absolute atomic E-state index is 0. The van der Waals surface area contributed by atoms with Gasteiger partial charge >= 0.3 is 0 Å². The molecule has 0 aliphatic rings. The van der Waals surface area contributed by atoms with Crippen LogP contribution in [0.4, 0.5) is 14.5 Å². The van der Waals surface area contributed by atoms with Crippen molar-refractivity contribution in [3.05, 3.63) is 59.7 Å². The molecule has 7 heteroatoms. The molecule has 22 heavy (non-hydrogen) atoms. The topological polar surface area (TPSA) is 59.6 Å². The molecule has 0 saturated heterocycles. The summed E-state index contributed by atoms with van der Waals surface area (Å²) in [5.74, 6) is -0.258. The predicted octanol–water partition coefficient (Wildman–Crippen LogP) is 3.52. The van der Waals surface area contributed by atoms with E-state index in [-0.39, 0.29) is 42.0 Å². The van der Waals surface area contributed by atoms with Crippen molar-refractivity contribution in [3.63, 3.8) is 0 Å². The van der Waals surface area contributed by atoms with Crippen LogP contribution in [0.1, 0.15) is 5.56 Å². The molecule has 0 aliphatic carbocycles. The van der Waals surface area contributed by atoms with Gasteiger partial charge in [-0.05, 0) is 30.3 Å². The number of nitrogens with two attached hydrogens (primary N) is 1. The van der Waals surface area contributed by atoms with Crippen LogP contribution in [0.5, 0.6) is 5.75 Å². The fourth-order valence-electron chi connectivity index (χ4n) is 1.72. The van der Waals surface area contributed by atoms with Gasteiger partial charge in [0.25, 0.3) is 0 Å². The summed E-state index contributed by atoms with van der Waals surface area (Å²) < 4.78 is 31.5. The minimum atomic E-state index is -0.519. The number of rotatable bonds is 4. The van der Waals surface area contributed by atoms with Gasteiger partial charge in [0.05, 0.1) is 13.7 Å². The van der Waals surface area contributed by atoms with Crippen LogP contribution < -0.4 is 15.8 Å². The molecule has 0 fully saturated rings. The number of nitrogens with one attached hydrogen (secondary N) is 1. The molecule has 0 saturated carbocycles. The highest BCUT2D eigenvalue weighted by atomic mass is 127. The van der Waals surface area contributed by atoms with Crippen LogP contribution in [-0.2, 0) is 6.54 Å². The summed E-state index contributed by atoms with van der Waals surface area (Å²) in [5, 5.41) is 2.85. The molecule has 2 aromatic rings. The number of guanidine groups is 1. The fraction of sp³-hybridized carbons (Fsp3) is 0.133. The minimum Gasteiger partial charge on any atom is -0.497 e. The van der Waals surface area contributed by atoms with E-state index in [2.05, 4.69) is 10.3 Å². The lowest BCUT2D eigenvalue weighted by atomic mass is 10.2. The van der Waals surface area contributed by atoms with Crippen molar-refractivity contribution in [2.24, 2.45) is 10.7 Å². The number of aliphatic imine (C=N–C) groups is 1. The van der Waals surface area contributed by atoms with E-state index >= 15 is 0 Å². The molecule has 2 aromatic carbocycles. The molecule has 2 rings (SSSR count). The van der Waals surface area contributed by atoms with E-state index in [4.69, 9.17) is 10.5 Å². The van der Waals surface area contributed by atoms with Crippen molar-refractivity contribution < 1.29 is 13.5 Å². The highest BCUT2D eigenvalue weighted by Crippen LogP contribution is 2.16. The molecule has 4 nitrogen and oxygen atoms in total. The first-order chi connectivity index (χ1) is 10.1. The SMILES string of the molecule is COc1cccc(NC(N)=NCc2cc(F)ccc2F)c1.I. The molecule has 118 valence electrons. The van der Waals surface area contributed by atoms with Gasteiger partial charge in [-0.25, -0.2) is 13.8 Å². The highest BCUT2D eigenvalue weighted by Gasteiger charge is 2.03. The highest BCUT2D eigenvalue weighted by molar-refractivity contribution is 14.0. The molecule has 0 atom stereocenters. The van der Waals surface area contributed by atoms with Crippen molar-refractivity contribution in [2.45, 2.75) is 6.54 Å². The second-order valence-electron chi connectivity index (χ2n) is 4.29. The number of methoxy groups -OCH3 is 1. The zero-order valence-electron chi connectivity index (χ0n) is 11.8. The quantitative estimate of drug-likeness (QED) is 0.453. The van der Waals surface area contributed by atoms with Crippen LogP contribution in [-0.4, -0.2) is 13.1 Å². The molecule has 0 radical (unpaired) electrons. The third kappa shape index (κ3) is 5.14. The number of hydrogen-bond acceptors (Lipinski definition) is 2. The lowest BCUT2D eigenvalue weighted by Crippen LogP contribution is -2.22. The Bertz CT molecular complexity index is 665. The third-order valence-electron chi connectivity index (χ3n) is 2.77. The number of ether oxygens (including phenoxy) is 1. The van der Waals surface area contributed by atoms with E-state index in [1.54, 1.807) is 31.4 Å². The lowest BCUT2D eigenvalue weighted by Gasteiger charge is -2.07. The van der Waals surface area contributed by atoms with E-state index < -0.39 is 11.6 Å². The average Bonchev–Trinajstić information content (AvgIpc) is 2.48. The largest absolute Gasteiger partial charge is 0.497 e. The number of hydrogen-bond donors (Lipinski definition) is 2. The number of anilines is 1. The predicted molar refractivity (Wildman–Crippen MR) is 93.7 cm³/mol. The monoisotopic (exact) mass is 419 g/mol. The van der Waals surface area contributed by atoms with Crippen molar-refractivity contribution in [1.82, 2.24) is 0 Å². The molecule has 3 N–H and O–H groups in total. The number of nitrogens with zero attached hydrogens (tertiary/aromatic N) is 1. The molecule has 0 amide bonds. The van der Waals surface area contributed by atoms with E-state index in [0.717, 1.165) is 18.2 Å². The molecular weight excluding hydrogens is 403 g/mol. The molecule has 0 heterocycles. The first-order valence-corrected chi connectivity index (χ1v) is 6.23. The Balaban J connectivity index is 0.00000242. The Morgan fingerprint density at radius 1 is 1.23 bits per heavy atom. The van der Waals surface area contributed by atoms with Crippen molar-refractivity contribution >= 4 is 35.6 Å². The molecule has 0 spiro atoms. The zero-order chi connectivity index (χ0) is 15.2. The average molecular weight is 419 g/mol. The summed E-state index contributed by atoms with van der Waals surface area (Å²) in [6.45, 7) is -0.0492. The summed E-state index contributed by atoms with van der Waals surface area (Å²) in [4.78, 5) is 3.98. The normalized spacial score (nSPS) is 10.8. The van der Waals surface area contributed by atoms with Crippen LogP contribution in [0.15, 0.2) is 47.5 Å². The second-order valence-corrected chi connectivity index (χ2v) is 4.29. The van der Waals surface area contributed by atoms with Gasteiger partial charge in [0.1, 0.15) is 17.4 Å². The summed E-state index contributed by atoms with van der Waals surface area (Å²) in [5.41, 5.74) is 6.55. The maximum absolute atomic E-state index is 13.4.